The molecule has 0 spiro atoms. The monoisotopic (exact) mass is 330 g/mol. The Morgan fingerprint density at radius 1 is 1.38 bits per heavy atom. The summed E-state index contributed by atoms with van der Waals surface area (Å²) in [6, 6.07) is 6.18. The van der Waals surface area contributed by atoms with Gasteiger partial charge in [0.05, 0.1) is 6.10 Å². The van der Waals surface area contributed by atoms with Gasteiger partial charge >= 0.3 is 0 Å². The number of nitrogens with zero attached hydrogens (tertiary/aromatic N) is 2. The molecule has 2 heterocycles. The van der Waals surface area contributed by atoms with E-state index in [1.165, 1.54) is 5.39 Å². The van der Waals surface area contributed by atoms with Crippen molar-refractivity contribution in [3.63, 3.8) is 0 Å². The third-order valence-corrected chi connectivity index (χ3v) is 5.09. The first-order valence-electron chi connectivity index (χ1n) is 8.60. The van der Waals surface area contributed by atoms with E-state index in [4.69, 9.17) is 10.5 Å². The molecule has 1 fully saturated rings. The number of rotatable bonds is 5. The van der Waals surface area contributed by atoms with Crippen LogP contribution in [0.3, 0.4) is 0 Å². The number of amides is 1. The molecule has 130 valence electrons. The fourth-order valence-corrected chi connectivity index (χ4v) is 3.44. The van der Waals surface area contributed by atoms with E-state index < -0.39 is 6.04 Å². The molecule has 2 atom stereocenters. The highest BCUT2D eigenvalue weighted by Gasteiger charge is 2.27. The Bertz CT molecular complexity index is 691. The van der Waals surface area contributed by atoms with Crippen LogP contribution in [0.1, 0.15) is 38.6 Å². The average Bonchev–Trinajstić information content (AvgIpc) is 3.05. The Morgan fingerprint density at radius 2 is 2.12 bits per heavy atom. The van der Waals surface area contributed by atoms with Crippen LogP contribution in [0, 0.1) is 0 Å². The minimum atomic E-state index is -0.620. The topological polar surface area (TPSA) is 82.2 Å². The van der Waals surface area contributed by atoms with Crippen molar-refractivity contribution >= 4 is 16.9 Å². The van der Waals surface area contributed by atoms with Crippen LogP contribution in [-0.4, -0.2) is 40.8 Å². The van der Waals surface area contributed by atoms with Crippen LogP contribution in [0.4, 0.5) is 0 Å². The van der Waals surface area contributed by atoms with Crippen molar-refractivity contribution in [1.82, 2.24) is 14.9 Å². The van der Waals surface area contributed by atoms with Crippen LogP contribution in [0.25, 0.3) is 11.0 Å². The van der Waals surface area contributed by atoms with Crippen molar-refractivity contribution in [2.75, 3.05) is 7.11 Å². The first kappa shape index (κ1) is 16.9. The Kier molecular flexibility index (Phi) is 5.16. The Labute approximate surface area is 142 Å². The van der Waals surface area contributed by atoms with Gasteiger partial charge in [-0.1, -0.05) is 0 Å². The lowest BCUT2D eigenvalue weighted by Crippen LogP contribution is -2.51. The molecule has 6 heteroatoms. The number of hydrogen-bond acceptors (Lipinski definition) is 4. The van der Waals surface area contributed by atoms with E-state index in [0.717, 1.165) is 31.3 Å². The van der Waals surface area contributed by atoms with Gasteiger partial charge in [0, 0.05) is 37.0 Å². The number of pyridine rings is 1. The lowest BCUT2D eigenvalue weighted by molar-refractivity contribution is -0.126. The molecule has 2 aromatic heterocycles. The molecule has 0 radical (unpaired) electrons. The van der Waals surface area contributed by atoms with Gasteiger partial charge < -0.3 is 20.4 Å². The number of hydrogen-bond donors (Lipinski definition) is 2. The Balaban J connectivity index is 1.57. The van der Waals surface area contributed by atoms with E-state index in [0.29, 0.717) is 6.04 Å². The molecule has 6 nitrogen and oxygen atoms in total. The third kappa shape index (κ3) is 3.44. The lowest BCUT2D eigenvalue weighted by atomic mass is 9.90. The Morgan fingerprint density at radius 3 is 2.83 bits per heavy atom. The first-order chi connectivity index (χ1) is 11.6. The van der Waals surface area contributed by atoms with Gasteiger partial charge in [0.2, 0.25) is 5.91 Å². The van der Waals surface area contributed by atoms with Gasteiger partial charge in [-0.05, 0) is 50.8 Å². The molecule has 2 aromatic rings. The van der Waals surface area contributed by atoms with Gasteiger partial charge in [0.15, 0.2) is 0 Å². The summed E-state index contributed by atoms with van der Waals surface area (Å²) in [5.41, 5.74) is 6.95. The van der Waals surface area contributed by atoms with Crippen molar-refractivity contribution < 1.29 is 9.53 Å². The number of nitrogens with one attached hydrogen (secondary N) is 1. The molecule has 0 bridgehead atoms. The summed E-state index contributed by atoms with van der Waals surface area (Å²) in [5.74, 6) is -0.124. The van der Waals surface area contributed by atoms with Crippen LogP contribution < -0.4 is 11.1 Å². The molecule has 3 N–H and O–H groups in total. The summed E-state index contributed by atoms with van der Waals surface area (Å²) >= 11 is 0. The molecule has 0 aliphatic heterocycles. The zero-order valence-electron chi connectivity index (χ0n) is 14.3. The minimum absolute atomic E-state index is 0.124. The second-order valence-corrected chi connectivity index (χ2v) is 6.62. The summed E-state index contributed by atoms with van der Waals surface area (Å²) in [6.07, 6.45) is 7.65. The van der Waals surface area contributed by atoms with Crippen LogP contribution in [0.15, 0.2) is 30.6 Å². The summed E-state index contributed by atoms with van der Waals surface area (Å²) in [4.78, 5) is 16.7. The first-order valence-corrected chi connectivity index (χ1v) is 8.60. The van der Waals surface area contributed by atoms with Gasteiger partial charge in [-0.15, -0.1) is 0 Å². The van der Waals surface area contributed by atoms with E-state index in [1.807, 2.05) is 19.2 Å². The quantitative estimate of drug-likeness (QED) is 0.878. The largest absolute Gasteiger partial charge is 0.380 e. The molecule has 3 rings (SSSR count). The average molecular weight is 330 g/mol. The van der Waals surface area contributed by atoms with Crippen LogP contribution in [0.2, 0.25) is 0 Å². The highest BCUT2D eigenvalue weighted by Crippen LogP contribution is 2.31. The molecular formula is C18H26N4O2. The van der Waals surface area contributed by atoms with Crippen LogP contribution in [-0.2, 0) is 9.53 Å². The maximum absolute atomic E-state index is 12.2. The number of fused-ring (bicyclic) bond motifs is 1. The van der Waals surface area contributed by atoms with Crippen molar-refractivity contribution in [2.45, 2.75) is 56.8 Å². The molecule has 1 aliphatic carbocycles. The molecule has 0 saturated heterocycles. The molecule has 1 saturated carbocycles. The van der Waals surface area contributed by atoms with E-state index in [1.54, 1.807) is 7.11 Å². The molecular weight excluding hydrogens is 304 g/mol. The van der Waals surface area contributed by atoms with Gasteiger partial charge in [0.25, 0.3) is 0 Å². The number of carbonyl (C=O) groups excluding carboxylic acids is 1. The maximum atomic E-state index is 12.2. The number of carbonyl (C=O) groups is 1. The van der Waals surface area contributed by atoms with Crippen molar-refractivity contribution in [3.8, 4) is 0 Å². The zero-order valence-corrected chi connectivity index (χ0v) is 14.3. The Hall–Kier alpha value is -1.92. The maximum Gasteiger partial charge on any atom is 0.239 e. The van der Waals surface area contributed by atoms with Crippen molar-refractivity contribution in [1.29, 1.82) is 0 Å². The van der Waals surface area contributed by atoms with Gasteiger partial charge in [-0.3, -0.25) is 4.79 Å². The number of aromatic nitrogens is 2. The minimum Gasteiger partial charge on any atom is -0.380 e. The van der Waals surface area contributed by atoms with Gasteiger partial charge in [-0.2, -0.15) is 0 Å². The molecule has 0 unspecified atom stereocenters. The highest BCUT2D eigenvalue weighted by atomic mass is 16.5. The fraction of sp³-hybridized carbons (Fsp3) is 0.556. The van der Waals surface area contributed by atoms with Crippen molar-refractivity contribution in [2.24, 2.45) is 5.73 Å². The standard InChI is InChI=1S/C18H26N4O2/c1-12(24-2)16(19)18(23)21-14-5-7-15(8-6-14)22-11-9-13-4-3-10-20-17(13)22/h3-4,9-12,14-16H,5-8,19H2,1-2H3,(H,21,23)/t12-,14?,15?,16+/m1/s1. The van der Waals surface area contributed by atoms with E-state index in [2.05, 4.69) is 33.2 Å². The summed E-state index contributed by atoms with van der Waals surface area (Å²) in [7, 11) is 1.57. The fourth-order valence-electron chi connectivity index (χ4n) is 3.44. The summed E-state index contributed by atoms with van der Waals surface area (Å²) in [5, 5.41) is 4.24. The third-order valence-electron chi connectivity index (χ3n) is 5.09. The summed E-state index contributed by atoms with van der Waals surface area (Å²) < 4.78 is 7.40. The van der Waals surface area contributed by atoms with Gasteiger partial charge in [0.1, 0.15) is 11.7 Å². The molecule has 1 amide bonds. The van der Waals surface area contributed by atoms with Crippen LogP contribution in [0.5, 0.6) is 0 Å². The molecule has 1 aliphatic rings. The van der Waals surface area contributed by atoms with E-state index >= 15 is 0 Å². The van der Waals surface area contributed by atoms with Crippen molar-refractivity contribution in [3.05, 3.63) is 30.6 Å². The predicted molar refractivity (Wildman–Crippen MR) is 93.6 cm³/mol. The SMILES string of the molecule is CO[C@H](C)[C@H](N)C(=O)NC1CCC(n2ccc3cccnc32)CC1. The lowest BCUT2D eigenvalue weighted by Gasteiger charge is -2.31. The predicted octanol–water partition coefficient (Wildman–Crippen LogP) is 2.00. The molecule has 24 heavy (non-hydrogen) atoms. The number of methoxy groups -OCH3 is 1. The van der Waals surface area contributed by atoms with Crippen LogP contribution >= 0.6 is 0 Å². The summed E-state index contributed by atoms with van der Waals surface area (Å²) in [6.45, 7) is 1.81. The number of ether oxygens (including phenoxy) is 1. The smallest absolute Gasteiger partial charge is 0.239 e. The second kappa shape index (κ2) is 7.32. The normalized spacial score (nSPS) is 23.8. The molecule has 0 aromatic carbocycles. The highest BCUT2D eigenvalue weighted by molar-refractivity contribution is 5.82. The second-order valence-electron chi connectivity index (χ2n) is 6.62. The number of nitrogens with two attached hydrogens (primary N) is 1. The van der Waals surface area contributed by atoms with E-state index in [-0.39, 0.29) is 18.1 Å². The van der Waals surface area contributed by atoms with E-state index in [9.17, 15) is 4.79 Å². The zero-order chi connectivity index (χ0) is 17.1. The van der Waals surface area contributed by atoms with Gasteiger partial charge in [-0.25, -0.2) is 4.98 Å².